The summed E-state index contributed by atoms with van der Waals surface area (Å²) < 4.78 is 24.2. The third-order valence-corrected chi connectivity index (χ3v) is 3.20. The average molecular weight is 282 g/mol. The summed E-state index contributed by atoms with van der Waals surface area (Å²) in [6.45, 7) is 3.76. The molecule has 1 aliphatic heterocycles. The molecule has 2 N–H and O–H groups in total. The van der Waals surface area contributed by atoms with Gasteiger partial charge in [-0.1, -0.05) is 6.07 Å². The van der Waals surface area contributed by atoms with Crippen LogP contribution in [0.2, 0.25) is 0 Å². The van der Waals surface area contributed by atoms with E-state index in [0.717, 1.165) is 0 Å². The lowest BCUT2D eigenvalue weighted by Crippen LogP contribution is -2.43. The number of nitrogens with zero attached hydrogens (tertiary/aromatic N) is 1. The number of benzene rings is 1. The van der Waals surface area contributed by atoms with E-state index in [1.165, 1.54) is 12.1 Å². The SMILES string of the molecule is C[C@@H](N)c1ccc(OCC(=O)N2CCOCC2)c(F)c1. The van der Waals surface area contributed by atoms with Crippen LogP contribution in [-0.4, -0.2) is 43.7 Å². The molecular formula is C14H19FN2O3. The van der Waals surface area contributed by atoms with Crippen LogP contribution in [0.1, 0.15) is 18.5 Å². The normalized spacial score (nSPS) is 16.9. The third kappa shape index (κ3) is 3.68. The molecule has 1 heterocycles. The van der Waals surface area contributed by atoms with Crippen LogP contribution < -0.4 is 10.5 Å². The van der Waals surface area contributed by atoms with Crippen molar-refractivity contribution in [2.24, 2.45) is 5.73 Å². The van der Waals surface area contributed by atoms with Crippen molar-refractivity contribution in [3.8, 4) is 5.75 Å². The number of ether oxygens (including phenoxy) is 2. The molecule has 1 saturated heterocycles. The first-order valence-corrected chi connectivity index (χ1v) is 6.61. The number of carbonyl (C=O) groups excluding carboxylic acids is 1. The summed E-state index contributed by atoms with van der Waals surface area (Å²) in [5.41, 5.74) is 6.36. The predicted molar refractivity (Wildman–Crippen MR) is 71.9 cm³/mol. The molecular weight excluding hydrogens is 263 g/mol. The van der Waals surface area contributed by atoms with Crippen molar-refractivity contribution in [1.29, 1.82) is 0 Å². The molecule has 1 aliphatic rings. The van der Waals surface area contributed by atoms with E-state index in [2.05, 4.69) is 0 Å². The van der Waals surface area contributed by atoms with Crippen LogP contribution in [0.25, 0.3) is 0 Å². The Kier molecular flexibility index (Phi) is 4.92. The van der Waals surface area contributed by atoms with E-state index in [1.54, 1.807) is 17.9 Å². The second-order valence-electron chi connectivity index (χ2n) is 4.76. The lowest BCUT2D eigenvalue weighted by atomic mass is 10.1. The van der Waals surface area contributed by atoms with Gasteiger partial charge in [0.15, 0.2) is 18.2 Å². The molecule has 5 nitrogen and oxygen atoms in total. The molecule has 1 aromatic carbocycles. The molecule has 6 heteroatoms. The van der Waals surface area contributed by atoms with Gasteiger partial charge in [0, 0.05) is 19.1 Å². The second kappa shape index (κ2) is 6.67. The van der Waals surface area contributed by atoms with Gasteiger partial charge in [-0.2, -0.15) is 0 Å². The largest absolute Gasteiger partial charge is 0.481 e. The van der Waals surface area contributed by atoms with Gasteiger partial charge < -0.3 is 20.1 Å². The molecule has 110 valence electrons. The maximum atomic E-state index is 13.8. The summed E-state index contributed by atoms with van der Waals surface area (Å²) in [7, 11) is 0. The monoisotopic (exact) mass is 282 g/mol. The van der Waals surface area contributed by atoms with Crippen molar-refractivity contribution < 1.29 is 18.7 Å². The van der Waals surface area contributed by atoms with E-state index < -0.39 is 5.82 Å². The molecule has 1 aromatic rings. The topological polar surface area (TPSA) is 64.8 Å². The van der Waals surface area contributed by atoms with Crippen molar-refractivity contribution in [1.82, 2.24) is 4.90 Å². The van der Waals surface area contributed by atoms with Crippen LogP contribution in [0.3, 0.4) is 0 Å². The van der Waals surface area contributed by atoms with Crippen LogP contribution in [-0.2, 0) is 9.53 Å². The number of hydrogen-bond donors (Lipinski definition) is 1. The molecule has 2 rings (SSSR count). The smallest absolute Gasteiger partial charge is 0.260 e. The summed E-state index contributed by atoms with van der Waals surface area (Å²) in [6.07, 6.45) is 0. The van der Waals surface area contributed by atoms with E-state index in [1.807, 2.05) is 0 Å². The van der Waals surface area contributed by atoms with Crippen molar-refractivity contribution in [3.05, 3.63) is 29.6 Å². The number of carbonyl (C=O) groups is 1. The number of halogens is 1. The van der Waals surface area contributed by atoms with Crippen LogP contribution in [0.15, 0.2) is 18.2 Å². The van der Waals surface area contributed by atoms with Gasteiger partial charge in [0.1, 0.15) is 0 Å². The fourth-order valence-corrected chi connectivity index (χ4v) is 1.96. The van der Waals surface area contributed by atoms with Crippen LogP contribution in [0.4, 0.5) is 4.39 Å². The molecule has 0 saturated carbocycles. The highest BCUT2D eigenvalue weighted by molar-refractivity contribution is 5.77. The Balaban J connectivity index is 1.91. The predicted octanol–water partition coefficient (Wildman–Crippen LogP) is 1.08. The first-order valence-electron chi connectivity index (χ1n) is 6.61. The summed E-state index contributed by atoms with van der Waals surface area (Å²) in [6, 6.07) is 4.29. The average Bonchev–Trinajstić information content (AvgIpc) is 2.46. The maximum absolute atomic E-state index is 13.8. The Hall–Kier alpha value is -1.66. The molecule has 0 spiro atoms. The van der Waals surface area contributed by atoms with Gasteiger partial charge >= 0.3 is 0 Å². The molecule has 0 aliphatic carbocycles. The summed E-state index contributed by atoms with van der Waals surface area (Å²) >= 11 is 0. The summed E-state index contributed by atoms with van der Waals surface area (Å²) in [4.78, 5) is 13.5. The van der Waals surface area contributed by atoms with Gasteiger partial charge in [0.2, 0.25) is 0 Å². The van der Waals surface area contributed by atoms with Crippen molar-refractivity contribution in [2.75, 3.05) is 32.9 Å². The van der Waals surface area contributed by atoms with Crippen LogP contribution >= 0.6 is 0 Å². The van der Waals surface area contributed by atoms with Crippen molar-refractivity contribution in [3.63, 3.8) is 0 Å². The molecule has 0 aromatic heterocycles. The van der Waals surface area contributed by atoms with Crippen LogP contribution in [0.5, 0.6) is 5.75 Å². The minimum absolute atomic E-state index is 0.0657. The van der Waals surface area contributed by atoms with E-state index in [-0.39, 0.29) is 24.3 Å². The number of amides is 1. The Morgan fingerprint density at radius 3 is 2.80 bits per heavy atom. The highest BCUT2D eigenvalue weighted by atomic mass is 19.1. The van der Waals surface area contributed by atoms with Gasteiger partial charge in [-0.25, -0.2) is 4.39 Å². The highest BCUT2D eigenvalue weighted by Crippen LogP contribution is 2.21. The Morgan fingerprint density at radius 2 is 2.20 bits per heavy atom. The molecule has 0 radical (unpaired) electrons. The van der Waals surface area contributed by atoms with Crippen molar-refractivity contribution in [2.45, 2.75) is 13.0 Å². The molecule has 1 atom stereocenters. The number of hydrogen-bond acceptors (Lipinski definition) is 4. The zero-order valence-electron chi connectivity index (χ0n) is 11.5. The minimum Gasteiger partial charge on any atom is -0.481 e. The van der Waals surface area contributed by atoms with Gasteiger partial charge in [-0.3, -0.25) is 4.79 Å². The molecule has 0 unspecified atom stereocenters. The molecule has 20 heavy (non-hydrogen) atoms. The Labute approximate surface area is 117 Å². The maximum Gasteiger partial charge on any atom is 0.260 e. The minimum atomic E-state index is -0.505. The zero-order valence-corrected chi connectivity index (χ0v) is 11.5. The quantitative estimate of drug-likeness (QED) is 0.897. The Bertz CT molecular complexity index is 473. The fourth-order valence-electron chi connectivity index (χ4n) is 1.96. The van der Waals surface area contributed by atoms with Gasteiger partial charge in [0.05, 0.1) is 13.2 Å². The van der Waals surface area contributed by atoms with E-state index in [4.69, 9.17) is 15.2 Å². The Morgan fingerprint density at radius 1 is 1.50 bits per heavy atom. The molecule has 1 amide bonds. The number of rotatable bonds is 4. The number of nitrogens with two attached hydrogens (primary N) is 1. The lowest BCUT2D eigenvalue weighted by Gasteiger charge is -2.26. The first-order chi connectivity index (χ1) is 9.58. The highest BCUT2D eigenvalue weighted by Gasteiger charge is 2.18. The zero-order chi connectivity index (χ0) is 14.5. The van der Waals surface area contributed by atoms with E-state index in [9.17, 15) is 9.18 Å². The lowest BCUT2D eigenvalue weighted by molar-refractivity contribution is -0.137. The summed E-state index contributed by atoms with van der Waals surface area (Å²) in [5, 5.41) is 0. The fraction of sp³-hybridized carbons (Fsp3) is 0.500. The number of morpholine rings is 1. The molecule has 0 bridgehead atoms. The van der Waals surface area contributed by atoms with E-state index >= 15 is 0 Å². The standard InChI is InChI=1S/C14H19FN2O3/c1-10(16)11-2-3-13(12(15)8-11)20-9-14(18)17-4-6-19-7-5-17/h2-3,8,10H,4-7,9,16H2,1H3/t10-/m1/s1. The third-order valence-electron chi connectivity index (χ3n) is 3.20. The second-order valence-corrected chi connectivity index (χ2v) is 4.76. The molecule has 1 fully saturated rings. The van der Waals surface area contributed by atoms with Crippen molar-refractivity contribution >= 4 is 5.91 Å². The van der Waals surface area contributed by atoms with E-state index in [0.29, 0.717) is 31.9 Å². The first kappa shape index (κ1) is 14.7. The van der Waals surface area contributed by atoms with Gasteiger partial charge in [0.25, 0.3) is 5.91 Å². The van der Waals surface area contributed by atoms with Gasteiger partial charge in [-0.15, -0.1) is 0 Å². The van der Waals surface area contributed by atoms with Gasteiger partial charge in [-0.05, 0) is 24.6 Å². The van der Waals surface area contributed by atoms with Crippen LogP contribution in [0, 0.1) is 5.82 Å². The summed E-state index contributed by atoms with van der Waals surface area (Å²) in [5.74, 6) is -0.602.